The van der Waals surface area contributed by atoms with Crippen LogP contribution in [0.25, 0.3) is 43.5 Å². The summed E-state index contributed by atoms with van der Waals surface area (Å²) in [6, 6.07) is 62.9. The molecule has 0 radical (unpaired) electrons. The van der Waals surface area contributed by atoms with Crippen LogP contribution in [0.4, 0.5) is 5.69 Å². The average molecular weight is 653 g/mol. The summed E-state index contributed by atoms with van der Waals surface area (Å²) in [6.07, 6.45) is 0. The molecule has 0 saturated carbocycles. The Bertz CT molecular complexity index is 2580. The summed E-state index contributed by atoms with van der Waals surface area (Å²) in [5, 5.41) is 27.6. The molecule has 0 atom stereocenters. The highest BCUT2D eigenvalue weighted by atomic mass is 28.3. The molecule has 0 saturated heterocycles. The van der Waals surface area contributed by atoms with Crippen molar-refractivity contribution in [3.05, 3.63) is 192 Å². The van der Waals surface area contributed by atoms with Crippen LogP contribution in [0, 0.1) is 29.2 Å². The lowest BCUT2D eigenvalue weighted by atomic mass is 9.97. The van der Waals surface area contributed by atoms with Crippen molar-refractivity contribution in [2.45, 2.75) is 0 Å². The molecule has 0 bridgehead atoms. The Hall–Kier alpha value is -6.97. The first-order valence-electron chi connectivity index (χ1n) is 16.3. The van der Waals surface area contributed by atoms with Gasteiger partial charge in [0.15, 0.2) is 13.8 Å². The molecule has 8 aromatic rings. The SMILES string of the molecule is [C-]#[N+]c1ccc2c(c1)c1ccccc1n2-c1cc(C#N)ccc1-c1cc([Si](c2ccccc2)(c2ccccc2)c2ccccc2)ccc1C#N. The minimum Gasteiger partial charge on any atom is -0.309 e. The molecule has 0 unspecified atom stereocenters. The third-order valence-corrected chi connectivity index (χ3v) is 14.4. The van der Waals surface area contributed by atoms with Gasteiger partial charge in [-0.2, -0.15) is 10.5 Å². The van der Waals surface area contributed by atoms with Crippen LogP contribution in [0.5, 0.6) is 0 Å². The molecule has 0 amide bonds. The standard InChI is InChI=1S/C45H28N4Si/c1-48-34-23-26-44-42(28-34)39-19-11-12-20-43(39)49(44)45-27-32(30-46)21-25-40(45)41-29-38(24-22-33(41)31-47)50(35-13-5-2-6-14-35,36-15-7-3-8-16-36)37-17-9-4-10-18-37/h2-29H. The summed E-state index contributed by atoms with van der Waals surface area (Å²) in [5.41, 5.74) is 5.95. The van der Waals surface area contributed by atoms with Gasteiger partial charge in [-0.1, -0.05) is 133 Å². The van der Waals surface area contributed by atoms with Crippen molar-refractivity contribution in [3.63, 3.8) is 0 Å². The van der Waals surface area contributed by atoms with Gasteiger partial charge in [-0.3, -0.25) is 0 Å². The van der Waals surface area contributed by atoms with E-state index in [4.69, 9.17) is 6.57 Å². The van der Waals surface area contributed by atoms with E-state index < -0.39 is 8.07 Å². The second kappa shape index (κ2) is 12.6. The van der Waals surface area contributed by atoms with Gasteiger partial charge in [-0.05, 0) is 62.5 Å². The predicted octanol–water partition coefficient (Wildman–Crippen LogP) is 8.12. The van der Waals surface area contributed by atoms with E-state index in [0.29, 0.717) is 16.8 Å². The third kappa shape index (κ3) is 4.80. The van der Waals surface area contributed by atoms with Crippen LogP contribution in [0.1, 0.15) is 11.1 Å². The van der Waals surface area contributed by atoms with E-state index in [1.165, 1.54) is 15.6 Å². The number of para-hydroxylation sites is 1. The van der Waals surface area contributed by atoms with Crippen molar-refractivity contribution >= 4 is 56.3 Å². The largest absolute Gasteiger partial charge is 0.309 e. The predicted molar refractivity (Wildman–Crippen MR) is 206 cm³/mol. The fourth-order valence-corrected chi connectivity index (χ4v) is 12.2. The number of rotatable bonds is 6. The fourth-order valence-electron chi connectivity index (χ4n) is 7.47. The monoisotopic (exact) mass is 652 g/mol. The molecule has 232 valence electrons. The highest BCUT2D eigenvalue weighted by molar-refractivity contribution is 7.19. The molecule has 0 aliphatic carbocycles. The summed E-state index contributed by atoms with van der Waals surface area (Å²) < 4.78 is 2.17. The molecule has 0 fully saturated rings. The summed E-state index contributed by atoms with van der Waals surface area (Å²) in [4.78, 5) is 3.70. The second-order valence-electron chi connectivity index (χ2n) is 12.2. The number of hydrogen-bond donors (Lipinski definition) is 0. The molecule has 0 aliphatic heterocycles. The van der Waals surface area contributed by atoms with E-state index in [0.717, 1.165) is 43.8 Å². The molecule has 7 aromatic carbocycles. The molecule has 8 rings (SSSR count). The number of nitrogens with zero attached hydrogens (tertiary/aromatic N) is 4. The molecule has 1 heterocycles. The van der Waals surface area contributed by atoms with E-state index in [-0.39, 0.29) is 0 Å². The van der Waals surface area contributed by atoms with E-state index in [1.807, 2.05) is 54.6 Å². The Morgan fingerprint density at radius 1 is 0.500 bits per heavy atom. The van der Waals surface area contributed by atoms with Crippen molar-refractivity contribution in [3.8, 4) is 29.0 Å². The number of hydrogen-bond acceptors (Lipinski definition) is 2. The van der Waals surface area contributed by atoms with Crippen molar-refractivity contribution in [1.29, 1.82) is 10.5 Å². The maximum Gasteiger partial charge on any atom is 0.188 e. The first-order valence-corrected chi connectivity index (χ1v) is 18.3. The van der Waals surface area contributed by atoms with Gasteiger partial charge in [0.25, 0.3) is 0 Å². The first-order chi connectivity index (χ1) is 24.7. The Kier molecular flexibility index (Phi) is 7.63. The zero-order valence-corrected chi connectivity index (χ0v) is 28.0. The Labute approximate surface area is 291 Å². The van der Waals surface area contributed by atoms with Crippen molar-refractivity contribution in [1.82, 2.24) is 4.57 Å². The molecule has 0 N–H and O–H groups in total. The van der Waals surface area contributed by atoms with Gasteiger partial charge in [0.05, 0.1) is 46.6 Å². The smallest absolute Gasteiger partial charge is 0.188 e. The Balaban J connectivity index is 1.48. The topological polar surface area (TPSA) is 56.9 Å². The number of fused-ring (bicyclic) bond motifs is 3. The van der Waals surface area contributed by atoms with Crippen LogP contribution in [0.15, 0.2) is 170 Å². The summed E-state index contributed by atoms with van der Waals surface area (Å²) >= 11 is 0. The molecule has 5 heteroatoms. The lowest BCUT2D eigenvalue weighted by molar-refractivity contribution is 1.18. The van der Waals surface area contributed by atoms with Crippen LogP contribution in [-0.4, -0.2) is 12.6 Å². The van der Waals surface area contributed by atoms with Gasteiger partial charge in [-0.25, -0.2) is 4.85 Å². The van der Waals surface area contributed by atoms with Crippen LogP contribution in [-0.2, 0) is 0 Å². The summed E-state index contributed by atoms with van der Waals surface area (Å²) in [6.45, 7) is 7.65. The number of benzene rings is 7. The summed E-state index contributed by atoms with van der Waals surface area (Å²) in [5.74, 6) is 0. The number of nitriles is 2. The molecule has 0 aliphatic rings. The van der Waals surface area contributed by atoms with E-state index in [2.05, 4.69) is 137 Å². The lowest BCUT2D eigenvalue weighted by Gasteiger charge is -2.35. The Morgan fingerprint density at radius 2 is 1.10 bits per heavy atom. The zero-order chi connectivity index (χ0) is 34.1. The van der Waals surface area contributed by atoms with E-state index in [1.54, 1.807) is 0 Å². The van der Waals surface area contributed by atoms with Crippen LogP contribution in [0.2, 0.25) is 0 Å². The normalized spacial score (nSPS) is 11.1. The highest BCUT2D eigenvalue weighted by Crippen LogP contribution is 2.38. The minimum atomic E-state index is -2.90. The lowest BCUT2D eigenvalue weighted by Crippen LogP contribution is -2.74. The maximum absolute atomic E-state index is 10.6. The van der Waals surface area contributed by atoms with Crippen LogP contribution >= 0.6 is 0 Å². The zero-order valence-electron chi connectivity index (χ0n) is 27.0. The summed E-state index contributed by atoms with van der Waals surface area (Å²) in [7, 11) is -2.90. The van der Waals surface area contributed by atoms with Gasteiger partial charge >= 0.3 is 0 Å². The molecular weight excluding hydrogens is 625 g/mol. The molecular formula is C45H28N4Si. The van der Waals surface area contributed by atoms with Gasteiger partial charge in [0.2, 0.25) is 0 Å². The fraction of sp³-hybridized carbons (Fsp3) is 0. The molecule has 50 heavy (non-hydrogen) atoms. The van der Waals surface area contributed by atoms with Crippen LogP contribution < -0.4 is 20.7 Å². The van der Waals surface area contributed by atoms with E-state index in [9.17, 15) is 10.5 Å². The van der Waals surface area contributed by atoms with Gasteiger partial charge in [0.1, 0.15) is 0 Å². The minimum absolute atomic E-state index is 0.517. The quantitative estimate of drug-likeness (QED) is 0.104. The Morgan fingerprint density at radius 3 is 1.70 bits per heavy atom. The van der Waals surface area contributed by atoms with Crippen molar-refractivity contribution in [2.75, 3.05) is 0 Å². The number of aromatic nitrogens is 1. The average Bonchev–Trinajstić information content (AvgIpc) is 3.52. The van der Waals surface area contributed by atoms with Crippen molar-refractivity contribution < 1.29 is 0 Å². The maximum atomic E-state index is 10.6. The third-order valence-electron chi connectivity index (χ3n) is 9.64. The molecule has 4 nitrogen and oxygen atoms in total. The highest BCUT2D eigenvalue weighted by Gasteiger charge is 2.41. The van der Waals surface area contributed by atoms with Crippen molar-refractivity contribution in [2.24, 2.45) is 0 Å². The van der Waals surface area contributed by atoms with Gasteiger partial charge < -0.3 is 4.57 Å². The van der Waals surface area contributed by atoms with Gasteiger partial charge in [0, 0.05) is 16.5 Å². The first kappa shape index (κ1) is 30.4. The second-order valence-corrected chi connectivity index (χ2v) is 16.0. The van der Waals surface area contributed by atoms with Gasteiger partial charge in [-0.15, -0.1) is 0 Å². The molecule has 0 spiro atoms. The van der Waals surface area contributed by atoms with Crippen LogP contribution in [0.3, 0.4) is 0 Å². The van der Waals surface area contributed by atoms with E-state index >= 15 is 0 Å². The molecule has 1 aromatic heterocycles.